The van der Waals surface area contributed by atoms with Gasteiger partial charge in [-0.25, -0.2) is 0 Å². The first-order chi connectivity index (χ1) is 8.99. The molecule has 0 unspecified atom stereocenters. The lowest BCUT2D eigenvalue weighted by Gasteiger charge is -2.36. The molecule has 1 fully saturated rings. The summed E-state index contributed by atoms with van der Waals surface area (Å²) >= 11 is 0. The van der Waals surface area contributed by atoms with Crippen molar-refractivity contribution in [1.82, 2.24) is 10.2 Å². The van der Waals surface area contributed by atoms with Crippen LogP contribution in [0.25, 0.3) is 0 Å². The molecule has 0 aromatic heterocycles. The lowest BCUT2D eigenvalue weighted by molar-refractivity contribution is 0.131. The van der Waals surface area contributed by atoms with Gasteiger partial charge in [0, 0.05) is 0 Å². The number of unbranched alkanes of at least 4 members (excludes halogenated alkanes) is 3. The average molecular weight is 268 g/mol. The van der Waals surface area contributed by atoms with Gasteiger partial charge in [0.15, 0.2) is 0 Å². The van der Waals surface area contributed by atoms with Crippen LogP contribution in [0.5, 0.6) is 0 Å². The van der Waals surface area contributed by atoms with Gasteiger partial charge in [-0.3, -0.25) is 0 Å². The maximum Gasteiger partial charge on any atom is -0.00136 e. The van der Waals surface area contributed by atoms with Crippen molar-refractivity contribution < 1.29 is 0 Å². The molecule has 0 aromatic rings. The highest BCUT2D eigenvalue weighted by Crippen LogP contribution is 2.29. The van der Waals surface area contributed by atoms with Crippen LogP contribution in [-0.4, -0.2) is 37.6 Å². The molecule has 1 heterocycles. The molecular weight excluding hydrogens is 232 g/mol. The van der Waals surface area contributed by atoms with Crippen LogP contribution >= 0.6 is 0 Å². The zero-order valence-corrected chi connectivity index (χ0v) is 13.8. The minimum Gasteiger partial charge on any atom is -0.316 e. The standard InChI is InChI=1S/C17H36N2/c1-16(2)15-18-11-7-5-6-8-12-19-13-9-17(3,4)10-14-19/h16,18H,5-15H2,1-4H3. The first kappa shape index (κ1) is 17.0. The number of likely N-dealkylation sites (tertiary alicyclic amines) is 1. The Labute approximate surface area is 121 Å². The highest BCUT2D eigenvalue weighted by Gasteiger charge is 2.24. The van der Waals surface area contributed by atoms with Gasteiger partial charge in [-0.15, -0.1) is 0 Å². The van der Waals surface area contributed by atoms with Gasteiger partial charge in [0.25, 0.3) is 0 Å². The normalized spacial score (nSPS) is 20.1. The molecule has 114 valence electrons. The highest BCUT2D eigenvalue weighted by molar-refractivity contribution is 4.78. The van der Waals surface area contributed by atoms with Crippen molar-refractivity contribution in [3.05, 3.63) is 0 Å². The van der Waals surface area contributed by atoms with Crippen LogP contribution in [0.15, 0.2) is 0 Å². The molecule has 2 heteroatoms. The molecule has 0 atom stereocenters. The van der Waals surface area contributed by atoms with E-state index in [4.69, 9.17) is 0 Å². The van der Waals surface area contributed by atoms with Crippen LogP contribution in [0, 0.1) is 11.3 Å². The van der Waals surface area contributed by atoms with E-state index in [1.807, 2.05) is 0 Å². The Bertz CT molecular complexity index is 213. The van der Waals surface area contributed by atoms with Crippen molar-refractivity contribution in [3.8, 4) is 0 Å². The second-order valence-corrected chi connectivity index (χ2v) is 7.52. The van der Waals surface area contributed by atoms with Crippen LogP contribution in [0.1, 0.15) is 66.2 Å². The monoisotopic (exact) mass is 268 g/mol. The molecule has 0 bridgehead atoms. The third kappa shape index (κ3) is 8.65. The minimum atomic E-state index is 0.596. The Balaban J connectivity index is 1.86. The number of piperidine rings is 1. The van der Waals surface area contributed by atoms with Gasteiger partial charge < -0.3 is 10.2 Å². The lowest BCUT2D eigenvalue weighted by atomic mass is 9.82. The zero-order valence-electron chi connectivity index (χ0n) is 13.8. The number of nitrogens with one attached hydrogen (secondary N) is 1. The van der Waals surface area contributed by atoms with Gasteiger partial charge in [0.2, 0.25) is 0 Å². The second kappa shape index (κ2) is 8.97. The van der Waals surface area contributed by atoms with Crippen LogP contribution in [0.3, 0.4) is 0 Å². The van der Waals surface area contributed by atoms with Gasteiger partial charge in [-0.2, -0.15) is 0 Å². The summed E-state index contributed by atoms with van der Waals surface area (Å²) in [7, 11) is 0. The average Bonchev–Trinajstić information content (AvgIpc) is 2.34. The van der Waals surface area contributed by atoms with Crippen molar-refractivity contribution in [3.63, 3.8) is 0 Å². The Morgan fingerprint density at radius 3 is 2.26 bits per heavy atom. The summed E-state index contributed by atoms with van der Waals surface area (Å²) < 4.78 is 0. The maximum absolute atomic E-state index is 3.52. The molecule has 1 rings (SSSR count). The summed E-state index contributed by atoms with van der Waals surface area (Å²) in [5.74, 6) is 0.781. The molecule has 1 saturated heterocycles. The van der Waals surface area contributed by atoms with E-state index in [9.17, 15) is 0 Å². The fraction of sp³-hybridized carbons (Fsp3) is 1.00. The highest BCUT2D eigenvalue weighted by atomic mass is 15.1. The summed E-state index contributed by atoms with van der Waals surface area (Å²) in [4.78, 5) is 2.67. The van der Waals surface area contributed by atoms with Gasteiger partial charge in [-0.1, -0.05) is 40.5 Å². The number of hydrogen-bond acceptors (Lipinski definition) is 2. The second-order valence-electron chi connectivity index (χ2n) is 7.52. The van der Waals surface area contributed by atoms with Gasteiger partial charge in [0.05, 0.1) is 0 Å². The molecule has 0 aliphatic carbocycles. The summed E-state index contributed by atoms with van der Waals surface area (Å²) in [6.07, 6.45) is 8.30. The third-order valence-electron chi connectivity index (χ3n) is 4.34. The lowest BCUT2D eigenvalue weighted by Crippen LogP contribution is -2.37. The van der Waals surface area contributed by atoms with Gasteiger partial charge in [-0.05, 0) is 69.7 Å². The Morgan fingerprint density at radius 1 is 1.00 bits per heavy atom. The summed E-state index contributed by atoms with van der Waals surface area (Å²) in [6.45, 7) is 15.7. The largest absolute Gasteiger partial charge is 0.316 e. The van der Waals surface area contributed by atoms with Crippen molar-refractivity contribution in [2.75, 3.05) is 32.7 Å². The molecule has 0 aromatic carbocycles. The van der Waals surface area contributed by atoms with E-state index in [0.717, 1.165) is 5.92 Å². The van der Waals surface area contributed by atoms with Crippen LogP contribution in [0.2, 0.25) is 0 Å². The Kier molecular flexibility index (Phi) is 8.01. The number of rotatable bonds is 9. The van der Waals surface area contributed by atoms with Crippen LogP contribution in [0.4, 0.5) is 0 Å². The first-order valence-electron chi connectivity index (χ1n) is 8.43. The predicted molar refractivity (Wildman–Crippen MR) is 85.6 cm³/mol. The zero-order chi connectivity index (χ0) is 14.1. The molecule has 0 radical (unpaired) electrons. The first-order valence-corrected chi connectivity index (χ1v) is 8.43. The van der Waals surface area contributed by atoms with Crippen molar-refractivity contribution in [2.45, 2.75) is 66.2 Å². The number of nitrogens with zero attached hydrogens (tertiary/aromatic N) is 1. The molecule has 2 nitrogen and oxygen atoms in total. The van der Waals surface area contributed by atoms with E-state index in [1.54, 1.807) is 0 Å². The fourth-order valence-electron chi connectivity index (χ4n) is 2.71. The van der Waals surface area contributed by atoms with Crippen molar-refractivity contribution in [1.29, 1.82) is 0 Å². The smallest absolute Gasteiger partial charge is 0.00136 e. The van der Waals surface area contributed by atoms with Crippen LogP contribution < -0.4 is 5.32 Å². The van der Waals surface area contributed by atoms with E-state index in [2.05, 4.69) is 37.9 Å². The van der Waals surface area contributed by atoms with E-state index in [0.29, 0.717) is 5.41 Å². The van der Waals surface area contributed by atoms with Gasteiger partial charge in [0.1, 0.15) is 0 Å². The molecule has 0 amide bonds. The molecule has 0 spiro atoms. The minimum absolute atomic E-state index is 0.596. The SMILES string of the molecule is CC(C)CNCCCCCCN1CCC(C)(C)CC1. The molecule has 0 saturated carbocycles. The van der Waals surface area contributed by atoms with Crippen LogP contribution in [-0.2, 0) is 0 Å². The topological polar surface area (TPSA) is 15.3 Å². The van der Waals surface area contributed by atoms with E-state index in [1.165, 1.54) is 71.2 Å². The Hall–Kier alpha value is -0.0800. The summed E-state index contributed by atoms with van der Waals surface area (Å²) in [6, 6.07) is 0. The Morgan fingerprint density at radius 2 is 1.63 bits per heavy atom. The molecule has 19 heavy (non-hydrogen) atoms. The predicted octanol–water partition coefficient (Wildman–Crippen LogP) is 3.91. The van der Waals surface area contributed by atoms with E-state index in [-0.39, 0.29) is 0 Å². The van der Waals surface area contributed by atoms with E-state index < -0.39 is 0 Å². The third-order valence-corrected chi connectivity index (χ3v) is 4.34. The molecule has 1 N–H and O–H groups in total. The maximum atomic E-state index is 3.52. The van der Waals surface area contributed by atoms with E-state index >= 15 is 0 Å². The summed E-state index contributed by atoms with van der Waals surface area (Å²) in [5.41, 5.74) is 0.596. The quantitative estimate of drug-likeness (QED) is 0.638. The van der Waals surface area contributed by atoms with Crippen molar-refractivity contribution >= 4 is 0 Å². The molecular formula is C17H36N2. The molecule has 1 aliphatic rings. The van der Waals surface area contributed by atoms with Crippen molar-refractivity contribution in [2.24, 2.45) is 11.3 Å². The molecule has 1 aliphatic heterocycles. The fourth-order valence-corrected chi connectivity index (χ4v) is 2.71. The number of hydrogen-bond donors (Lipinski definition) is 1. The summed E-state index contributed by atoms with van der Waals surface area (Å²) in [5, 5.41) is 3.52. The van der Waals surface area contributed by atoms with Gasteiger partial charge >= 0.3 is 0 Å².